The van der Waals surface area contributed by atoms with Crippen LogP contribution < -0.4 is 5.73 Å². The minimum atomic E-state index is 0.124. The van der Waals surface area contributed by atoms with Gasteiger partial charge >= 0.3 is 0 Å². The third-order valence-corrected chi connectivity index (χ3v) is 5.49. The van der Waals surface area contributed by atoms with Crippen LogP contribution in [0.1, 0.15) is 51.3 Å². The van der Waals surface area contributed by atoms with Gasteiger partial charge in [-0.2, -0.15) is 0 Å². The molecule has 1 unspecified atom stereocenters. The van der Waals surface area contributed by atoms with Crippen molar-refractivity contribution in [2.24, 2.45) is 23.5 Å². The van der Waals surface area contributed by atoms with Gasteiger partial charge in [-0.3, -0.25) is 0 Å². The molecule has 0 amide bonds. The summed E-state index contributed by atoms with van der Waals surface area (Å²) in [6, 6.07) is 0.124. The first-order valence-electron chi connectivity index (χ1n) is 7.68. The predicted octanol–water partition coefficient (Wildman–Crippen LogP) is 1.49. The van der Waals surface area contributed by atoms with E-state index in [-0.39, 0.29) is 11.6 Å². The number of rotatable bonds is 3. The summed E-state index contributed by atoms with van der Waals surface area (Å²) in [6.07, 6.45) is 8.99. The summed E-state index contributed by atoms with van der Waals surface area (Å²) in [5.74, 6) is 3.74. The summed E-state index contributed by atoms with van der Waals surface area (Å²) in [6.45, 7) is 2.03. The minimum Gasteiger partial charge on any atom is -0.328 e. The fraction of sp³-hybridized carbons (Fsp3) is 0.929. The number of nitrogens with zero attached hydrogens (tertiary/aromatic N) is 4. The third kappa shape index (κ3) is 1.82. The Kier molecular flexibility index (Phi) is 2.50. The zero-order chi connectivity index (χ0) is 13.0. The molecule has 5 nitrogen and oxygen atoms in total. The largest absolute Gasteiger partial charge is 0.328 e. The van der Waals surface area contributed by atoms with Crippen LogP contribution in [0.2, 0.25) is 0 Å². The van der Waals surface area contributed by atoms with Crippen molar-refractivity contribution in [3.63, 3.8) is 0 Å². The van der Waals surface area contributed by atoms with Crippen LogP contribution in [0.25, 0.3) is 0 Å². The summed E-state index contributed by atoms with van der Waals surface area (Å²) >= 11 is 0. The highest BCUT2D eigenvalue weighted by Gasteiger charge is 2.53. The molecule has 4 saturated carbocycles. The van der Waals surface area contributed by atoms with Gasteiger partial charge in [0.05, 0.1) is 5.54 Å². The maximum atomic E-state index is 5.94. The van der Waals surface area contributed by atoms with Crippen molar-refractivity contribution in [1.29, 1.82) is 0 Å². The Balaban J connectivity index is 1.70. The topological polar surface area (TPSA) is 69.6 Å². The molecule has 104 valence electrons. The van der Waals surface area contributed by atoms with E-state index in [0.29, 0.717) is 0 Å². The fourth-order valence-electron chi connectivity index (χ4n) is 5.31. The first-order valence-corrected chi connectivity index (χ1v) is 7.68. The van der Waals surface area contributed by atoms with E-state index in [9.17, 15) is 0 Å². The summed E-state index contributed by atoms with van der Waals surface area (Å²) in [4.78, 5) is 0. The van der Waals surface area contributed by atoms with Gasteiger partial charge in [0.25, 0.3) is 0 Å². The summed E-state index contributed by atoms with van der Waals surface area (Å²) in [5, 5.41) is 12.5. The molecule has 1 heterocycles. The molecular formula is C14H23N5. The fourth-order valence-corrected chi connectivity index (χ4v) is 5.31. The van der Waals surface area contributed by atoms with Gasteiger partial charge in [0.15, 0.2) is 5.82 Å². The molecule has 19 heavy (non-hydrogen) atoms. The van der Waals surface area contributed by atoms with Gasteiger partial charge in [-0.1, -0.05) is 0 Å². The van der Waals surface area contributed by atoms with Crippen LogP contribution in [0, 0.1) is 17.8 Å². The van der Waals surface area contributed by atoms with E-state index < -0.39 is 0 Å². The molecule has 5 rings (SSSR count). The van der Waals surface area contributed by atoms with Crippen LogP contribution in [0.5, 0.6) is 0 Å². The maximum Gasteiger partial charge on any atom is 0.153 e. The second-order valence-electron chi connectivity index (χ2n) is 7.33. The molecule has 5 heteroatoms. The summed E-state index contributed by atoms with van der Waals surface area (Å²) in [7, 11) is 0. The molecular weight excluding hydrogens is 238 g/mol. The van der Waals surface area contributed by atoms with Crippen LogP contribution in [0.15, 0.2) is 0 Å². The van der Waals surface area contributed by atoms with E-state index in [1.165, 1.54) is 38.5 Å². The monoisotopic (exact) mass is 261 g/mol. The standard InChI is InChI=1S/C14H23N5/c1-9(15)2-13-16-17-18-19(13)14-6-10-3-11(7-14)5-12(4-10)8-14/h9-12H,2-8,15H2,1H3. The van der Waals surface area contributed by atoms with Gasteiger partial charge in [-0.15, -0.1) is 5.10 Å². The highest BCUT2D eigenvalue weighted by Crippen LogP contribution is 2.58. The Hall–Kier alpha value is -0.970. The molecule has 0 radical (unpaired) electrons. The highest BCUT2D eigenvalue weighted by molar-refractivity contribution is 5.06. The number of nitrogens with two attached hydrogens (primary N) is 1. The maximum absolute atomic E-state index is 5.94. The zero-order valence-corrected chi connectivity index (χ0v) is 11.6. The van der Waals surface area contributed by atoms with Crippen LogP contribution >= 0.6 is 0 Å². The summed E-state index contributed by atoms with van der Waals surface area (Å²) in [5.41, 5.74) is 6.16. The smallest absolute Gasteiger partial charge is 0.153 e. The average Bonchev–Trinajstić information content (AvgIpc) is 2.74. The van der Waals surface area contributed by atoms with E-state index in [0.717, 1.165) is 30.0 Å². The first-order chi connectivity index (χ1) is 9.14. The van der Waals surface area contributed by atoms with Gasteiger partial charge in [0, 0.05) is 12.5 Å². The van der Waals surface area contributed by atoms with Crippen molar-refractivity contribution in [1.82, 2.24) is 20.2 Å². The zero-order valence-electron chi connectivity index (χ0n) is 11.6. The van der Waals surface area contributed by atoms with Crippen LogP contribution in [-0.4, -0.2) is 26.2 Å². The van der Waals surface area contributed by atoms with Gasteiger partial charge in [-0.05, 0) is 73.6 Å². The highest BCUT2D eigenvalue weighted by atomic mass is 15.6. The lowest BCUT2D eigenvalue weighted by Gasteiger charge is -2.56. The predicted molar refractivity (Wildman–Crippen MR) is 71.3 cm³/mol. The van der Waals surface area contributed by atoms with E-state index in [1.807, 2.05) is 6.92 Å². The average molecular weight is 261 g/mol. The van der Waals surface area contributed by atoms with Gasteiger partial charge in [-0.25, -0.2) is 4.68 Å². The molecule has 4 aliphatic carbocycles. The molecule has 1 aromatic rings. The number of aromatic nitrogens is 4. The second-order valence-corrected chi connectivity index (χ2v) is 7.33. The van der Waals surface area contributed by atoms with Crippen molar-refractivity contribution in [3.05, 3.63) is 5.82 Å². The number of hydrogen-bond donors (Lipinski definition) is 1. The molecule has 1 aromatic heterocycles. The molecule has 4 bridgehead atoms. The molecule has 2 N–H and O–H groups in total. The quantitative estimate of drug-likeness (QED) is 0.895. The van der Waals surface area contributed by atoms with Crippen LogP contribution in [0.3, 0.4) is 0 Å². The number of hydrogen-bond acceptors (Lipinski definition) is 4. The minimum absolute atomic E-state index is 0.124. The molecule has 4 aliphatic rings. The molecule has 0 aromatic carbocycles. The number of tetrazole rings is 1. The molecule has 1 atom stereocenters. The lowest BCUT2D eigenvalue weighted by molar-refractivity contribution is -0.0517. The Morgan fingerprint density at radius 2 is 1.79 bits per heavy atom. The Morgan fingerprint density at radius 1 is 1.21 bits per heavy atom. The van der Waals surface area contributed by atoms with Crippen molar-refractivity contribution in [3.8, 4) is 0 Å². The van der Waals surface area contributed by atoms with Crippen LogP contribution in [-0.2, 0) is 12.0 Å². The normalized spacial score (nSPS) is 41.7. The Morgan fingerprint density at radius 3 is 2.32 bits per heavy atom. The van der Waals surface area contributed by atoms with E-state index in [2.05, 4.69) is 20.2 Å². The van der Waals surface area contributed by atoms with Crippen molar-refractivity contribution in [2.75, 3.05) is 0 Å². The Labute approximate surface area is 113 Å². The first kappa shape index (κ1) is 11.8. The summed E-state index contributed by atoms with van der Waals surface area (Å²) < 4.78 is 2.17. The lowest BCUT2D eigenvalue weighted by atomic mass is 9.53. The van der Waals surface area contributed by atoms with Gasteiger partial charge < -0.3 is 5.73 Å². The van der Waals surface area contributed by atoms with E-state index >= 15 is 0 Å². The molecule has 0 saturated heterocycles. The van der Waals surface area contributed by atoms with E-state index in [4.69, 9.17) is 5.73 Å². The third-order valence-electron chi connectivity index (χ3n) is 5.49. The SMILES string of the molecule is CC(N)Cc1nnnn1C12CC3CC(CC(C3)C1)C2. The molecule has 0 spiro atoms. The Bertz CT molecular complexity index is 443. The van der Waals surface area contributed by atoms with Gasteiger partial charge in [0.1, 0.15) is 0 Å². The second kappa shape index (κ2) is 4.01. The molecule has 4 fully saturated rings. The lowest BCUT2D eigenvalue weighted by Crippen LogP contribution is -2.52. The van der Waals surface area contributed by atoms with Crippen molar-refractivity contribution in [2.45, 2.75) is 63.5 Å². The van der Waals surface area contributed by atoms with Crippen molar-refractivity contribution >= 4 is 0 Å². The van der Waals surface area contributed by atoms with Crippen LogP contribution in [0.4, 0.5) is 0 Å². The van der Waals surface area contributed by atoms with E-state index in [1.54, 1.807) is 0 Å². The van der Waals surface area contributed by atoms with Crippen molar-refractivity contribution < 1.29 is 0 Å². The van der Waals surface area contributed by atoms with Gasteiger partial charge in [0.2, 0.25) is 0 Å². The molecule has 0 aliphatic heterocycles.